The summed E-state index contributed by atoms with van der Waals surface area (Å²) in [7, 11) is 1.56. The molecule has 0 spiro atoms. The molecule has 2 N–H and O–H groups in total. The molecule has 0 bridgehead atoms. The van der Waals surface area contributed by atoms with Gasteiger partial charge in [0, 0.05) is 24.7 Å². The number of carbonyl (C=O) groups is 2. The van der Waals surface area contributed by atoms with E-state index in [9.17, 15) is 18.4 Å². The standard InChI is InChI=1S/C25H25F2N3O4/c1-14(2)28-20-9-17(18(26)10-19(20)27)24(31)29-21-13-34-23-7-6-15(4-5-16-11-33-12-16)8-22(23)30(3)25(21)32/h6-10,14,16,21,28H,11-13H2,1-3H3,(H,29,31)/t21-/m0/s1. The Balaban J connectivity index is 1.52. The molecule has 1 saturated heterocycles. The van der Waals surface area contributed by atoms with Gasteiger partial charge in [0.2, 0.25) is 0 Å². The lowest BCUT2D eigenvalue weighted by molar-refractivity contribution is -0.120. The minimum Gasteiger partial charge on any atom is -0.489 e. The maximum Gasteiger partial charge on any atom is 0.255 e. The molecule has 1 fully saturated rings. The fraction of sp³-hybridized carbons (Fsp3) is 0.360. The number of halogens is 2. The molecule has 0 radical (unpaired) electrons. The second kappa shape index (κ2) is 9.69. The van der Waals surface area contributed by atoms with Crippen molar-refractivity contribution in [3.8, 4) is 17.6 Å². The third kappa shape index (κ3) is 4.97. The van der Waals surface area contributed by atoms with Gasteiger partial charge in [0.25, 0.3) is 11.8 Å². The molecule has 4 rings (SSSR count). The van der Waals surface area contributed by atoms with Gasteiger partial charge in [0.05, 0.1) is 36.1 Å². The van der Waals surface area contributed by atoms with Crippen LogP contribution in [-0.2, 0) is 9.53 Å². The minimum atomic E-state index is -1.07. The number of hydrogen-bond acceptors (Lipinski definition) is 5. The third-order valence-corrected chi connectivity index (χ3v) is 5.46. The van der Waals surface area contributed by atoms with E-state index in [1.807, 2.05) is 0 Å². The van der Waals surface area contributed by atoms with Gasteiger partial charge in [0.15, 0.2) is 0 Å². The number of rotatable bonds is 4. The first-order valence-corrected chi connectivity index (χ1v) is 10.9. The highest BCUT2D eigenvalue weighted by molar-refractivity contribution is 6.03. The number of likely N-dealkylation sites (N-methyl/N-ethyl adjacent to an activating group) is 1. The van der Waals surface area contributed by atoms with Crippen LogP contribution in [0.15, 0.2) is 30.3 Å². The Morgan fingerprint density at radius 2 is 1.91 bits per heavy atom. The van der Waals surface area contributed by atoms with E-state index in [2.05, 4.69) is 22.5 Å². The highest BCUT2D eigenvalue weighted by Gasteiger charge is 2.31. The summed E-state index contributed by atoms with van der Waals surface area (Å²) in [5, 5.41) is 5.34. The second-order valence-corrected chi connectivity index (χ2v) is 8.53. The van der Waals surface area contributed by atoms with Gasteiger partial charge in [-0.3, -0.25) is 9.59 Å². The number of benzene rings is 2. The zero-order valence-electron chi connectivity index (χ0n) is 19.1. The first-order valence-electron chi connectivity index (χ1n) is 10.9. The number of amides is 2. The van der Waals surface area contributed by atoms with E-state index in [1.165, 1.54) is 4.90 Å². The van der Waals surface area contributed by atoms with Crippen molar-refractivity contribution in [2.75, 3.05) is 37.1 Å². The van der Waals surface area contributed by atoms with Crippen molar-refractivity contribution in [3.05, 3.63) is 53.1 Å². The number of hydrogen-bond donors (Lipinski definition) is 2. The molecule has 0 aliphatic carbocycles. The van der Waals surface area contributed by atoms with Gasteiger partial charge < -0.3 is 25.0 Å². The maximum atomic E-state index is 14.4. The van der Waals surface area contributed by atoms with Crippen LogP contribution < -0.4 is 20.3 Å². The van der Waals surface area contributed by atoms with Gasteiger partial charge in [-0.05, 0) is 38.1 Å². The van der Waals surface area contributed by atoms with Gasteiger partial charge >= 0.3 is 0 Å². The van der Waals surface area contributed by atoms with Gasteiger partial charge in [-0.15, -0.1) is 0 Å². The molecule has 0 aromatic heterocycles. The zero-order valence-corrected chi connectivity index (χ0v) is 19.1. The van der Waals surface area contributed by atoms with Crippen LogP contribution in [0.2, 0.25) is 0 Å². The van der Waals surface area contributed by atoms with Gasteiger partial charge in [-0.1, -0.05) is 11.8 Å². The predicted octanol–water partition coefficient (Wildman–Crippen LogP) is 2.94. The van der Waals surface area contributed by atoms with E-state index in [4.69, 9.17) is 9.47 Å². The highest BCUT2D eigenvalue weighted by Crippen LogP contribution is 2.31. The normalized spacial score (nSPS) is 17.6. The second-order valence-electron chi connectivity index (χ2n) is 8.53. The van der Waals surface area contributed by atoms with Crippen molar-refractivity contribution < 1.29 is 27.8 Å². The SMILES string of the molecule is CC(C)Nc1cc(C(=O)N[C@H]2COc3ccc(C#CC4COC4)cc3N(C)C2=O)c(F)cc1F. The average Bonchev–Trinajstić information content (AvgIpc) is 2.86. The van der Waals surface area contributed by atoms with Gasteiger partial charge in [-0.2, -0.15) is 0 Å². The molecular formula is C25H25F2N3O4. The molecule has 9 heteroatoms. The van der Waals surface area contributed by atoms with E-state index in [1.54, 1.807) is 39.1 Å². The Morgan fingerprint density at radius 1 is 1.15 bits per heavy atom. The molecule has 2 aromatic rings. The first kappa shape index (κ1) is 23.5. The van der Waals surface area contributed by atoms with E-state index in [-0.39, 0.29) is 29.8 Å². The summed E-state index contributed by atoms with van der Waals surface area (Å²) in [5.74, 6) is 3.74. The quantitative estimate of drug-likeness (QED) is 0.674. The zero-order chi connectivity index (χ0) is 24.4. The van der Waals surface area contributed by atoms with Crippen molar-refractivity contribution in [3.63, 3.8) is 0 Å². The van der Waals surface area contributed by atoms with Crippen LogP contribution >= 0.6 is 0 Å². The van der Waals surface area contributed by atoms with Crippen LogP contribution in [0, 0.1) is 29.4 Å². The molecule has 34 heavy (non-hydrogen) atoms. The van der Waals surface area contributed by atoms with Crippen molar-refractivity contribution in [2.45, 2.75) is 25.9 Å². The van der Waals surface area contributed by atoms with Crippen LogP contribution in [0.4, 0.5) is 20.2 Å². The predicted molar refractivity (Wildman–Crippen MR) is 123 cm³/mol. The highest BCUT2D eigenvalue weighted by atomic mass is 19.1. The monoisotopic (exact) mass is 469 g/mol. The Morgan fingerprint density at radius 3 is 2.59 bits per heavy atom. The largest absolute Gasteiger partial charge is 0.489 e. The van der Waals surface area contributed by atoms with E-state index < -0.39 is 29.5 Å². The smallest absolute Gasteiger partial charge is 0.255 e. The Kier molecular flexibility index (Phi) is 6.70. The Labute approximate surface area is 196 Å². The third-order valence-electron chi connectivity index (χ3n) is 5.46. The summed E-state index contributed by atoms with van der Waals surface area (Å²) < 4.78 is 39.3. The van der Waals surface area contributed by atoms with Crippen LogP contribution in [0.5, 0.6) is 5.75 Å². The number of fused-ring (bicyclic) bond motifs is 1. The fourth-order valence-corrected chi connectivity index (χ4v) is 3.56. The number of nitrogens with one attached hydrogen (secondary N) is 2. The molecule has 2 aliphatic heterocycles. The summed E-state index contributed by atoms with van der Waals surface area (Å²) in [4.78, 5) is 27.2. The Bertz CT molecular complexity index is 1180. The molecular weight excluding hydrogens is 444 g/mol. The molecule has 0 saturated carbocycles. The first-order chi connectivity index (χ1) is 16.2. The van der Waals surface area contributed by atoms with E-state index in [0.717, 1.165) is 11.6 Å². The van der Waals surface area contributed by atoms with E-state index in [0.29, 0.717) is 30.7 Å². The lowest BCUT2D eigenvalue weighted by Gasteiger charge is -2.21. The maximum absolute atomic E-state index is 14.4. The topological polar surface area (TPSA) is 79.9 Å². The fourth-order valence-electron chi connectivity index (χ4n) is 3.56. The molecule has 7 nitrogen and oxygen atoms in total. The van der Waals surface area contributed by atoms with Crippen LogP contribution in [0.25, 0.3) is 0 Å². The van der Waals surface area contributed by atoms with Crippen molar-refractivity contribution >= 4 is 23.2 Å². The summed E-state index contributed by atoms with van der Waals surface area (Å²) in [6.45, 7) is 4.66. The molecule has 2 aromatic carbocycles. The minimum absolute atomic E-state index is 0.00313. The summed E-state index contributed by atoms with van der Waals surface area (Å²) >= 11 is 0. The number of nitrogens with zero attached hydrogens (tertiary/aromatic N) is 1. The van der Waals surface area contributed by atoms with Crippen molar-refractivity contribution in [1.82, 2.24) is 5.32 Å². The average molecular weight is 469 g/mol. The number of carbonyl (C=O) groups excluding carboxylic acids is 2. The van der Waals surface area contributed by atoms with Crippen LogP contribution in [-0.4, -0.2) is 50.8 Å². The van der Waals surface area contributed by atoms with Gasteiger partial charge in [-0.25, -0.2) is 8.78 Å². The molecule has 0 unspecified atom stereocenters. The summed E-state index contributed by atoms with van der Waals surface area (Å²) in [5.41, 5.74) is 0.848. The van der Waals surface area contributed by atoms with Crippen molar-refractivity contribution in [2.24, 2.45) is 5.92 Å². The molecule has 2 aliphatic rings. The summed E-state index contributed by atoms with van der Waals surface area (Å²) in [6, 6.07) is 5.79. The molecule has 2 heterocycles. The lowest BCUT2D eigenvalue weighted by Crippen LogP contribution is -2.49. The molecule has 2 amide bonds. The molecule has 178 valence electrons. The molecule has 1 atom stereocenters. The number of anilines is 2. The van der Waals surface area contributed by atoms with Crippen LogP contribution in [0.1, 0.15) is 29.8 Å². The van der Waals surface area contributed by atoms with E-state index >= 15 is 0 Å². The van der Waals surface area contributed by atoms with Crippen molar-refractivity contribution in [1.29, 1.82) is 0 Å². The summed E-state index contributed by atoms with van der Waals surface area (Å²) in [6.07, 6.45) is 0. The lowest BCUT2D eigenvalue weighted by atomic mass is 10.1. The Hall–Kier alpha value is -3.64. The number of ether oxygens (including phenoxy) is 2. The van der Waals surface area contributed by atoms with Gasteiger partial charge in [0.1, 0.15) is 30.0 Å². The van der Waals surface area contributed by atoms with Crippen LogP contribution in [0.3, 0.4) is 0 Å².